The van der Waals surface area contributed by atoms with Crippen LogP contribution in [0.3, 0.4) is 0 Å². The third-order valence-corrected chi connectivity index (χ3v) is 2.39. The van der Waals surface area contributed by atoms with Gasteiger partial charge in [-0.2, -0.15) is 4.39 Å². The summed E-state index contributed by atoms with van der Waals surface area (Å²) in [5, 5.41) is 0. The maximum absolute atomic E-state index is 12.7. The average molecular weight is 213 g/mol. The predicted octanol–water partition coefficient (Wildman–Crippen LogP) is 1.33. The van der Waals surface area contributed by atoms with E-state index in [0.29, 0.717) is 6.61 Å². The Hall–Kier alpha value is -1.23. The standard InChI is InChI=1S/C10H16FN3O/c1-10(2,14(3)4)6-15-9-5-8(11)12-7-13-9/h5,7H,6H2,1-4H3. The van der Waals surface area contributed by atoms with Crippen molar-refractivity contribution >= 4 is 0 Å². The molecule has 5 heteroatoms. The molecule has 0 aliphatic carbocycles. The monoisotopic (exact) mass is 213 g/mol. The molecule has 15 heavy (non-hydrogen) atoms. The maximum Gasteiger partial charge on any atom is 0.219 e. The van der Waals surface area contributed by atoms with E-state index in [2.05, 4.69) is 9.97 Å². The molecule has 1 aromatic heterocycles. The Morgan fingerprint density at radius 1 is 1.40 bits per heavy atom. The molecule has 0 amide bonds. The fraction of sp³-hybridized carbons (Fsp3) is 0.600. The van der Waals surface area contributed by atoms with E-state index in [4.69, 9.17) is 4.74 Å². The van der Waals surface area contributed by atoms with E-state index < -0.39 is 5.95 Å². The van der Waals surface area contributed by atoms with Gasteiger partial charge in [-0.1, -0.05) is 0 Å². The summed E-state index contributed by atoms with van der Waals surface area (Å²) >= 11 is 0. The molecule has 1 heterocycles. The molecule has 0 N–H and O–H groups in total. The summed E-state index contributed by atoms with van der Waals surface area (Å²) in [4.78, 5) is 9.19. The first-order valence-electron chi connectivity index (χ1n) is 4.69. The smallest absolute Gasteiger partial charge is 0.219 e. The molecular weight excluding hydrogens is 197 g/mol. The van der Waals surface area contributed by atoms with Crippen molar-refractivity contribution in [1.82, 2.24) is 14.9 Å². The van der Waals surface area contributed by atoms with Gasteiger partial charge in [-0.3, -0.25) is 0 Å². The highest BCUT2D eigenvalue weighted by molar-refractivity contribution is 5.06. The molecule has 0 aromatic carbocycles. The average Bonchev–Trinajstić information content (AvgIpc) is 2.15. The normalized spacial score (nSPS) is 11.9. The third-order valence-electron chi connectivity index (χ3n) is 2.39. The molecule has 0 spiro atoms. The highest BCUT2D eigenvalue weighted by Gasteiger charge is 2.21. The number of hydrogen-bond acceptors (Lipinski definition) is 4. The van der Waals surface area contributed by atoms with Crippen LogP contribution in [0, 0.1) is 5.95 Å². The molecule has 0 saturated heterocycles. The highest BCUT2D eigenvalue weighted by Crippen LogP contribution is 2.13. The van der Waals surface area contributed by atoms with E-state index in [-0.39, 0.29) is 11.4 Å². The summed E-state index contributed by atoms with van der Waals surface area (Å²) in [6.07, 6.45) is 1.15. The Balaban J connectivity index is 2.57. The van der Waals surface area contributed by atoms with Gasteiger partial charge in [-0.25, -0.2) is 9.97 Å². The second kappa shape index (κ2) is 4.53. The Morgan fingerprint density at radius 3 is 2.60 bits per heavy atom. The zero-order valence-electron chi connectivity index (χ0n) is 9.49. The van der Waals surface area contributed by atoms with Crippen molar-refractivity contribution in [2.75, 3.05) is 20.7 Å². The topological polar surface area (TPSA) is 38.2 Å². The summed E-state index contributed by atoms with van der Waals surface area (Å²) < 4.78 is 18.1. The van der Waals surface area contributed by atoms with Gasteiger partial charge in [0.1, 0.15) is 12.9 Å². The van der Waals surface area contributed by atoms with Gasteiger partial charge >= 0.3 is 0 Å². The lowest BCUT2D eigenvalue weighted by Gasteiger charge is -2.31. The quantitative estimate of drug-likeness (QED) is 0.707. The van der Waals surface area contributed by atoms with Crippen molar-refractivity contribution in [3.05, 3.63) is 18.3 Å². The zero-order chi connectivity index (χ0) is 11.5. The van der Waals surface area contributed by atoms with Crippen LogP contribution in [0.1, 0.15) is 13.8 Å². The largest absolute Gasteiger partial charge is 0.476 e. The van der Waals surface area contributed by atoms with Gasteiger partial charge in [0.15, 0.2) is 0 Å². The minimum Gasteiger partial charge on any atom is -0.476 e. The first kappa shape index (κ1) is 11.8. The number of rotatable bonds is 4. The van der Waals surface area contributed by atoms with Gasteiger partial charge < -0.3 is 9.64 Å². The number of ether oxygens (including phenoxy) is 1. The number of hydrogen-bond donors (Lipinski definition) is 0. The van der Waals surface area contributed by atoms with Crippen LogP contribution >= 0.6 is 0 Å². The minimum atomic E-state index is -0.581. The Morgan fingerprint density at radius 2 is 2.07 bits per heavy atom. The second-order valence-electron chi connectivity index (χ2n) is 4.17. The maximum atomic E-state index is 12.7. The molecule has 0 radical (unpaired) electrons. The van der Waals surface area contributed by atoms with Crippen LogP contribution < -0.4 is 4.74 Å². The van der Waals surface area contributed by atoms with Crippen LogP contribution in [0.25, 0.3) is 0 Å². The predicted molar refractivity (Wildman–Crippen MR) is 55.3 cm³/mol. The Labute approximate surface area is 89.1 Å². The molecule has 0 unspecified atom stereocenters. The second-order valence-corrected chi connectivity index (χ2v) is 4.17. The van der Waals surface area contributed by atoms with E-state index in [0.717, 1.165) is 6.33 Å². The molecule has 0 aliphatic heterocycles. The van der Waals surface area contributed by atoms with Crippen LogP contribution in [0.2, 0.25) is 0 Å². The minimum absolute atomic E-state index is 0.124. The number of nitrogens with zero attached hydrogens (tertiary/aromatic N) is 3. The fourth-order valence-electron chi connectivity index (χ4n) is 0.776. The van der Waals surface area contributed by atoms with E-state index >= 15 is 0 Å². The summed E-state index contributed by atoms with van der Waals surface area (Å²) in [5.74, 6) is -0.319. The molecule has 4 nitrogen and oxygen atoms in total. The van der Waals surface area contributed by atoms with Gasteiger partial charge in [0.2, 0.25) is 11.8 Å². The first-order chi connectivity index (χ1) is 6.92. The van der Waals surface area contributed by atoms with Gasteiger partial charge in [-0.05, 0) is 27.9 Å². The molecular formula is C10H16FN3O. The van der Waals surface area contributed by atoms with Crippen molar-refractivity contribution < 1.29 is 9.13 Å². The lowest BCUT2D eigenvalue weighted by Crippen LogP contribution is -2.43. The van der Waals surface area contributed by atoms with E-state index in [1.54, 1.807) is 0 Å². The van der Waals surface area contributed by atoms with Crippen LogP contribution in [-0.4, -0.2) is 41.1 Å². The van der Waals surface area contributed by atoms with Crippen LogP contribution in [0.15, 0.2) is 12.4 Å². The van der Waals surface area contributed by atoms with E-state index in [1.165, 1.54) is 6.07 Å². The van der Waals surface area contributed by atoms with Crippen molar-refractivity contribution in [3.63, 3.8) is 0 Å². The molecule has 1 aromatic rings. The summed E-state index contributed by atoms with van der Waals surface area (Å²) in [6.45, 7) is 4.51. The lowest BCUT2D eigenvalue weighted by molar-refractivity contribution is 0.110. The first-order valence-corrected chi connectivity index (χ1v) is 4.69. The molecule has 0 aliphatic rings. The highest BCUT2D eigenvalue weighted by atomic mass is 19.1. The van der Waals surface area contributed by atoms with Gasteiger partial charge in [0.05, 0.1) is 6.07 Å². The van der Waals surface area contributed by atoms with Gasteiger partial charge in [0, 0.05) is 5.54 Å². The molecule has 84 valence electrons. The van der Waals surface area contributed by atoms with Crippen LogP contribution in [-0.2, 0) is 0 Å². The number of likely N-dealkylation sites (N-methyl/N-ethyl adjacent to an activating group) is 1. The van der Waals surface area contributed by atoms with E-state index in [9.17, 15) is 4.39 Å². The number of halogens is 1. The third kappa shape index (κ3) is 3.43. The molecule has 1 rings (SSSR count). The summed E-state index contributed by atoms with van der Waals surface area (Å²) in [7, 11) is 3.92. The molecule has 0 atom stereocenters. The Kier molecular flexibility index (Phi) is 3.57. The van der Waals surface area contributed by atoms with Gasteiger partial charge in [-0.15, -0.1) is 0 Å². The number of aromatic nitrogens is 2. The van der Waals surface area contributed by atoms with Crippen molar-refractivity contribution in [3.8, 4) is 5.88 Å². The Bertz CT molecular complexity index is 328. The summed E-state index contributed by atoms with van der Waals surface area (Å²) in [5.41, 5.74) is -0.124. The van der Waals surface area contributed by atoms with Crippen molar-refractivity contribution in [2.24, 2.45) is 0 Å². The zero-order valence-corrected chi connectivity index (χ0v) is 9.49. The van der Waals surface area contributed by atoms with Crippen molar-refractivity contribution in [1.29, 1.82) is 0 Å². The van der Waals surface area contributed by atoms with Crippen LogP contribution in [0.4, 0.5) is 4.39 Å². The molecule has 0 saturated carbocycles. The lowest BCUT2D eigenvalue weighted by atomic mass is 10.1. The molecule has 0 bridgehead atoms. The SMILES string of the molecule is CN(C)C(C)(C)COc1cc(F)ncn1. The molecule has 0 fully saturated rings. The van der Waals surface area contributed by atoms with E-state index in [1.807, 2.05) is 32.8 Å². The van der Waals surface area contributed by atoms with Crippen LogP contribution in [0.5, 0.6) is 5.88 Å². The van der Waals surface area contributed by atoms with Gasteiger partial charge in [0.25, 0.3) is 0 Å². The fourth-order valence-corrected chi connectivity index (χ4v) is 0.776. The summed E-state index contributed by atoms with van der Waals surface area (Å²) in [6, 6.07) is 1.17. The van der Waals surface area contributed by atoms with Crippen molar-refractivity contribution in [2.45, 2.75) is 19.4 Å².